The number of hydrogen-bond donors (Lipinski definition) is 6. The summed E-state index contributed by atoms with van der Waals surface area (Å²) in [5, 5.41) is 38.8. The second-order valence-corrected chi connectivity index (χ2v) is 4.99. The number of nitrogens with two attached hydrogens (primary N) is 1. The van der Waals surface area contributed by atoms with Crippen LogP contribution < -0.4 is 11.3 Å². The summed E-state index contributed by atoms with van der Waals surface area (Å²) in [6.45, 7) is -0.565. The molecular weight excluding hydrogens is 298 g/mol. The zero-order valence-electron chi connectivity index (χ0n) is 11.2. The van der Waals surface area contributed by atoms with Gasteiger partial charge in [-0.25, -0.2) is 4.98 Å². The molecule has 0 radical (unpaired) electrons. The van der Waals surface area contributed by atoms with E-state index >= 15 is 0 Å². The number of H-pyrrole nitrogens is 1. The number of nitrogens with one attached hydrogen (secondary N) is 1. The number of aromatic nitrogens is 4. The number of nitrogens with zero attached hydrogens (tertiary/aromatic N) is 3. The van der Waals surface area contributed by atoms with Crippen LogP contribution in [0.5, 0.6) is 0 Å². The van der Waals surface area contributed by atoms with Crippen LogP contribution in [-0.2, 0) is 4.74 Å². The lowest BCUT2D eigenvalue weighted by Crippen LogP contribution is -2.56. The van der Waals surface area contributed by atoms with Crippen LogP contribution in [0, 0.1) is 0 Å². The zero-order valence-corrected chi connectivity index (χ0v) is 11.2. The Balaban J connectivity index is 2.08. The molecule has 0 aromatic carbocycles. The van der Waals surface area contributed by atoms with Crippen LogP contribution in [-0.4, -0.2) is 71.0 Å². The molecule has 0 aliphatic carbocycles. The van der Waals surface area contributed by atoms with E-state index in [0.717, 1.165) is 0 Å². The molecular formula is C11H15N5O6. The summed E-state index contributed by atoms with van der Waals surface area (Å²) in [6.07, 6.45) is -5.63. The molecule has 5 atom stereocenters. The number of aliphatic hydroxyl groups is 4. The first-order chi connectivity index (χ1) is 10.4. The van der Waals surface area contributed by atoms with Gasteiger partial charge < -0.3 is 30.9 Å². The Labute approximate surface area is 122 Å². The molecule has 7 N–H and O–H groups in total. The van der Waals surface area contributed by atoms with E-state index in [1.54, 1.807) is 0 Å². The summed E-state index contributed by atoms with van der Waals surface area (Å²) in [5.74, 6) is -0.149. The zero-order chi connectivity index (χ0) is 16.0. The molecule has 1 aliphatic heterocycles. The van der Waals surface area contributed by atoms with E-state index in [-0.39, 0.29) is 17.1 Å². The van der Waals surface area contributed by atoms with E-state index in [1.165, 1.54) is 10.9 Å². The Hall–Kier alpha value is -2.05. The van der Waals surface area contributed by atoms with Crippen molar-refractivity contribution in [3.63, 3.8) is 0 Å². The van der Waals surface area contributed by atoms with Crippen molar-refractivity contribution >= 4 is 17.1 Å². The highest BCUT2D eigenvalue weighted by molar-refractivity contribution is 5.70. The third kappa shape index (κ3) is 2.15. The van der Waals surface area contributed by atoms with Crippen LogP contribution >= 0.6 is 0 Å². The van der Waals surface area contributed by atoms with Gasteiger partial charge in [0.1, 0.15) is 24.4 Å². The van der Waals surface area contributed by atoms with Crippen LogP contribution in [0.3, 0.4) is 0 Å². The van der Waals surface area contributed by atoms with Crippen molar-refractivity contribution < 1.29 is 25.2 Å². The Kier molecular flexibility index (Phi) is 3.58. The molecule has 0 bridgehead atoms. The molecule has 3 rings (SSSR count). The van der Waals surface area contributed by atoms with Gasteiger partial charge in [0.15, 0.2) is 17.4 Å². The number of aliphatic hydroxyl groups excluding tert-OH is 4. The smallest absolute Gasteiger partial charge is 0.280 e. The van der Waals surface area contributed by atoms with Crippen molar-refractivity contribution in [3.8, 4) is 0 Å². The molecule has 2 aromatic rings. The highest BCUT2D eigenvalue weighted by Crippen LogP contribution is 2.29. The lowest BCUT2D eigenvalue weighted by Gasteiger charge is -2.40. The Morgan fingerprint density at radius 2 is 2.05 bits per heavy atom. The molecule has 3 heterocycles. The first-order valence-electron chi connectivity index (χ1n) is 6.47. The van der Waals surface area contributed by atoms with E-state index in [9.17, 15) is 25.2 Å². The van der Waals surface area contributed by atoms with Crippen molar-refractivity contribution in [3.05, 3.63) is 16.7 Å². The van der Waals surface area contributed by atoms with Crippen molar-refractivity contribution in [2.24, 2.45) is 0 Å². The van der Waals surface area contributed by atoms with Gasteiger partial charge in [-0.1, -0.05) is 0 Å². The van der Waals surface area contributed by atoms with E-state index in [4.69, 9.17) is 10.5 Å². The highest BCUT2D eigenvalue weighted by Gasteiger charge is 2.44. The first kappa shape index (κ1) is 14.9. The fraction of sp³-hybridized carbons (Fsp3) is 0.545. The number of imidazole rings is 1. The molecule has 0 unspecified atom stereocenters. The van der Waals surface area contributed by atoms with E-state index in [2.05, 4.69) is 15.0 Å². The van der Waals surface area contributed by atoms with Gasteiger partial charge in [0.05, 0.1) is 12.9 Å². The van der Waals surface area contributed by atoms with E-state index in [0.29, 0.717) is 0 Å². The molecule has 0 saturated carbocycles. The van der Waals surface area contributed by atoms with Crippen molar-refractivity contribution in [2.75, 3.05) is 12.3 Å². The number of anilines is 1. The quantitative estimate of drug-likeness (QED) is 0.330. The maximum Gasteiger partial charge on any atom is 0.280 e. The predicted molar refractivity (Wildman–Crippen MR) is 71.6 cm³/mol. The molecule has 1 aliphatic rings. The Morgan fingerprint density at radius 1 is 1.32 bits per heavy atom. The van der Waals surface area contributed by atoms with E-state index < -0.39 is 42.8 Å². The molecule has 1 saturated heterocycles. The molecule has 11 nitrogen and oxygen atoms in total. The summed E-state index contributed by atoms with van der Waals surface area (Å²) in [4.78, 5) is 21.8. The lowest BCUT2D eigenvalue weighted by molar-refractivity contribution is -0.250. The molecule has 22 heavy (non-hydrogen) atoms. The molecule has 0 amide bonds. The standard InChI is InChI=1S/C11H15N5O6/c12-11-14-8-4(9(21)15-11)13-2-16(8)10-7(20)6(19)5(18)3(1-17)22-10/h2-3,5-7,10,17-20H,1H2,(H3,12,14,15,21)/t3-,5+,6+,7-,10-/m1/s1. The maximum atomic E-state index is 11.7. The van der Waals surface area contributed by atoms with Gasteiger partial charge in [0.25, 0.3) is 5.56 Å². The number of nitrogen functional groups attached to an aromatic ring is 1. The topological polar surface area (TPSA) is 180 Å². The third-order valence-electron chi connectivity index (χ3n) is 3.59. The van der Waals surface area contributed by atoms with Crippen molar-refractivity contribution in [1.82, 2.24) is 19.5 Å². The maximum absolute atomic E-state index is 11.7. The molecule has 0 spiro atoms. The van der Waals surface area contributed by atoms with Crippen LogP contribution in [0.2, 0.25) is 0 Å². The lowest BCUT2D eigenvalue weighted by atomic mass is 9.98. The fourth-order valence-corrected chi connectivity index (χ4v) is 2.44. The summed E-state index contributed by atoms with van der Waals surface area (Å²) >= 11 is 0. The van der Waals surface area contributed by atoms with Crippen LogP contribution in [0.15, 0.2) is 11.1 Å². The third-order valence-corrected chi connectivity index (χ3v) is 3.59. The number of aromatic amines is 1. The van der Waals surface area contributed by atoms with Gasteiger partial charge in [-0.3, -0.25) is 14.3 Å². The number of hydrogen-bond acceptors (Lipinski definition) is 9. The molecule has 11 heteroatoms. The van der Waals surface area contributed by atoms with Crippen molar-refractivity contribution in [2.45, 2.75) is 30.6 Å². The summed E-state index contributed by atoms with van der Waals surface area (Å²) in [6, 6.07) is 0. The minimum absolute atomic E-state index is 0.0221. The highest BCUT2D eigenvalue weighted by atomic mass is 16.6. The summed E-state index contributed by atoms with van der Waals surface area (Å²) in [7, 11) is 0. The van der Waals surface area contributed by atoms with Gasteiger partial charge in [0.2, 0.25) is 5.95 Å². The molecule has 120 valence electrons. The SMILES string of the molecule is Nc1nc2c(ncn2[C@@H]2O[C@H](CO)[C@H](O)[C@H](O)[C@H]2O)c(=O)[nH]1. The Bertz CT molecular complexity index is 742. The van der Waals surface area contributed by atoms with Crippen molar-refractivity contribution in [1.29, 1.82) is 0 Å². The fourth-order valence-electron chi connectivity index (χ4n) is 2.44. The number of rotatable bonds is 2. The average molecular weight is 313 g/mol. The molecule has 2 aromatic heterocycles. The largest absolute Gasteiger partial charge is 0.394 e. The Morgan fingerprint density at radius 3 is 2.73 bits per heavy atom. The summed E-state index contributed by atoms with van der Waals surface area (Å²) < 4.78 is 6.59. The average Bonchev–Trinajstić information content (AvgIpc) is 2.89. The second kappa shape index (κ2) is 5.30. The van der Waals surface area contributed by atoms with Crippen LogP contribution in [0.1, 0.15) is 6.23 Å². The normalized spacial score (nSPS) is 32.5. The van der Waals surface area contributed by atoms with Gasteiger partial charge in [-0.2, -0.15) is 4.98 Å². The van der Waals surface area contributed by atoms with Gasteiger partial charge >= 0.3 is 0 Å². The monoisotopic (exact) mass is 313 g/mol. The van der Waals surface area contributed by atoms with Crippen LogP contribution in [0.4, 0.5) is 5.95 Å². The minimum Gasteiger partial charge on any atom is -0.394 e. The minimum atomic E-state index is -1.55. The predicted octanol–water partition coefficient (Wildman–Crippen LogP) is -3.33. The van der Waals surface area contributed by atoms with Crippen LogP contribution in [0.25, 0.3) is 11.2 Å². The van der Waals surface area contributed by atoms with E-state index in [1.807, 2.05) is 0 Å². The van der Waals surface area contributed by atoms with Gasteiger partial charge in [-0.15, -0.1) is 0 Å². The summed E-state index contributed by atoms with van der Waals surface area (Å²) in [5.41, 5.74) is 4.94. The number of fused-ring (bicyclic) bond motifs is 1. The first-order valence-corrected chi connectivity index (χ1v) is 6.47. The van der Waals surface area contributed by atoms with Gasteiger partial charge in [-0.05, 0) is 0 Å². The number of ether oxygens (including phenoxy) is 1. The molecule has 1 fully saturated rings. The second-order valence-electron chi connectivity index (χ2n) is 4.99. The van der Waals surface area contributed by atoms with Gasteiger partial charge in [0, 0.05) is 0 Å².